The first-order valence-electron chi connectivity index (χ1n) is 8.53. The summed E-state index contributed by atoms with van der Waals surface area (Å²) in [6.45, 7) is 9.87. The van der Waals surface area contributed by atoms with E-state index >= 15 is 0 Å². The van der Waals surface area contributed by atoms with E-state index in [0.717, 1.165) is 0 Å². The molecule has 1 rings (SSSR count). The van der Waals surface area contributed by atoms with E-state index in [1.807, 2.05) is 0 Å². The largest absolute Gasteiger partial charge is 0.495 e. The molecule has 1 unspecified atom stereocenters. The molecule has 1 atom stereocenters. The van der Waals surface area contributed by atoms with Gasteiger partial charge in [0, 0.05) is 13.1 Å². The van der Waals surface area contributed by atoms with Gasteiger partial charge in [-0.25, -0.2) is 8.42 Å². The van der Waals surface area contributed by atoms with Crippen molar-refractivity contribution < 1.29 is 22.7 Å². The first-order valence-corrected chi connectivity index (χ1v) is 9.97. The summed E-state index contributed by atoms with van der Waals surface area (Å²) in [4.78, 5) is 12.4. The lowest BCUT2D eigenvalue weighted by Crippen LogP contribution is -2.31. The average molecular weight is 384 g/mol. The van der Waals surface area contributed by atoms with E-state index in [2.05, 4.69) is 11.9 Å². The Labute approximate surface area is 156 Å². The molecule has 0 spiro atoms. The van der Waals surface area contributed by atoms with E-state index in [1.165, 1.54) is 29.6 Å². The fourth-order valence-corrected chi connectivity index (χ4v) is 3.78. The number of rotatable bonds is 11. The van der Waals surface area contributed by atoms with Crippen LogP contribution in [0.25, 0.3) is 0 Å². The van der Waals surface area contributed by atoms with Crippen LogP contribution in [-0.4, -0.2) is 51.5 Å². The van der Waals surface area contributed by atoms with E-state index in [-0.39, 0.29) is 16.5 Å². The maximum atomic E-state index is 12.7. The molecule has 0 aliphatic carbocycles. The molecule has 0 radical (unpaired) electrons. The number of ether oxygens (including phenoxy) is 2. The number of amides is 1. The van der Waals surface area contributed by atoms with Crippen LogP contribution in [0.2, 0.25) is 0 Å². The number of carbonyl (C=O) groups is 1. The van der Waals surface area contributed by atoms with E-state index in [4.69, 9.17) is 9.47 Å². The second-order valence-corrected chi connectivity index (χ2v) is 7.47. The minimum atomic E-state index is -3.64. The summed E-state index contributed by atoms with van der Waals surface area (Å²) >= 11 is 0. The number of hydrogen-bond donors (Lipinski definition) is 1. The van der Waals surface area contributed by atoms with Crippen LogP contribution in [0.5, 0.6) is 5.75 Å². The molecule has 8 heteroatoms. The SMILES string of the molecule is C=CCCOC(C)C(=O)Nc1cc(S(=O)(=O)N(CC)CC)ccc1OC. The van der Waals surface area contributed by atoms with E-state index in [9.17, 15) is 13.2 Å². The molecule has 7 nitrogen and oxygen atoms in total. The molecule has 0 bridgehead atoms. The summed E-state index contributed by atoms with van der Waals surface area (Å²) in [7, 11) is -2.19. The highest BCUT2D eigenvalue weighted by molar-refractivity contribution is 7.89. The molecule has 1 aromatic carbocycles. The minimum absolute atomic E-state index is 0.0949. The zero-order chi connectivity index (χ0) is 19.7. The highest BCUT2D eigenvalue weighted by Crippen LogP contribution is 2.29. The summed E-state index contributed by atoms with van der Waals surface area (Å²) < 4.78 is 37.3. The molecule has 0 heterocycles. The van der Waals surface area contributed by atoms with Gasteiger partial charge >= 0.3 is 0 Å². The van der Waals surface area contributed by atoms with Crippen LogP contribution < -0.4 is 10.1 Å². The average Bonchev–Trinajstić information content (AvgIpc) is 2.62. The van der Waals surface area contributed by atoms with Crippen LogP contribution >= 0.6 is 0 Å². The summed E-state index contributed by atoms with van der Waals surface area (Å²) in [5.74, 6) is -0.0140. The van der Waals surface area contributed by atoms with Gasteiger partial charge in [0.1, 0.15) is 11.9 Å². The molecule has 1 N–H and O–H groups in total. The first-order chi connectivity index (χ1) is 12.3. The van der Waals surface area contributed by atoms with Crippen LogP contribution in [0.15, 0.2) is 35.7 Å². The Bertz CT molecular complexity index is 714. The Morgan fingerprint density at radius 2 is 2.00 bits per heavy atom. The standard InChI is InChI=1S/C18H28N2O5S/c1-6-9-12-25-14(4)18(21)19-16-13-15(10-11-17(16)24-5)26(22,23)20(7-2)8-3/h6,10-11,13-14H,1,7-9,12H2,2-5H3,(H,19,21). The van der Waals surface area contributed by atoms with Gasteiger partial charge in [-0.1, -0.05) is 19.9 Å². The minimum Gasteiger partial charge on any atom is -0.495 e. The summed E-state index contributed by atoms with van der Waals surface area (Å²) in [5.41, 5.74) is 0.282. The number of carbonyl (C=O) groups excluding carboxylic acids is 1. The van der Waals surface area contributed by atoms with Crippen LogP contribution in [0.4, 0.5) is 5.69 Å². The Morgan fingerprint density at radius 3 is 2.54 bits per heavy atom. The lowest BCUT2D eigenvalue weighted by Gasteiger charge is -2.20. The van der Waals surface area contributed by atoms with Crippen molar-refractivity contribution in [3.05, 3.63) is 30.9 Å². The summed E-state index contributed by atoms with van der Waals surface area (Å²) in [5, 5.41) is 2.68. The van der Waals surface area contributed by atoms with Gasteiger partial charge in [-0.05, 0) is 31.5 Å². The quantitative estimate of drug-likeness (QED) is 0.468. The Hall–Kier alpha value is -1.90. The highest BCUT2D eigenvalue weighted by atomic mass is 32.2. The molecule has 0 aliphatic heterocycles. The molecular formula is C18H28N2O5S. The predicted molar refractivity (Wildman–Crippen MR) is 102 cm³/mol. The molecule has 26 heavy (non-hydrogen) atoms. The maximum Gasteiger partial charge on any atom is 0.253 e. The number of nitrogens with zero attached hydrogens (tertiary/aromatic N) is 1. The second-order valence-electron chi connectivity index (χ2n) is 5.53. The summed E-state index contributed by atoms with van der Waals surface area (Å²) in [6, 6.07) is 4.39. The molecule has 0 saturated carbocycles. The van der Waals surface area contributed by atoms with Crippen LogP contribution in [0, 0.1) is 0 Å². The number of hydrogen-bond acceptors (Lipinski definition) is 5. The van der Waals surface area contributed by atoms with Gasteiger partial charge in [0.05, 0.1) is 24.3 Å². The molecule has 0 aromatic heterocycles. The fraction of sp³-hybridized carbons (Fsp3) is 0.500. The molecule has 0 fully saturated rings. The summed E-state index contributed by atoms with van der Waals surface area (Å²) in [6.07, 6.45) is 1.65. The van der Waals surface area contributed by atoms with Gasteiger partial charge in [-0.2, -0.15) is 4.31 Å². The molecule has 1 aromatic rings. The maximum absolute atomic E-state index is 12.7. The van der Waals surface area contributed by atoms with Gasteiger partial charge < -0.3 is 14.8 Å². The van der Waals surface area contributed by atoms with Crippen molar-refractivity contribution in [3.8, 4) is 5.75 Å². The van der Waals surface area contributed by atoms with Crippen molar-refractivity contribution in [3.63, 3.8) is 0 Å². The Morgan fingerprint density at radius 1 is 1.35 bits per heavy atom. The monoisotopic (exact) mass is 384 g/mol. The fourth-order valence-electron chi connectivity index (χ4n) is 2.30. The topological polar surface area (TPSA) is 84.9 Å². The van der Waals surface area contributed by atoms with E-state index < -0.39 is 16.1 Å². The zero-order valence-electron chi connectivity index (χ0n) is 15.8. The number of sulfonamides is 1. The number of nitrogens with one attached hydrogen (secondary N) is 1. The second kappa shape index (κ2) is 10.3. The van der Waals surface area contributed by atoms with Gasteiger partial charge in [0.15, 0.2) is 0 Å². The molecular weight excluding hydrogens is 356 g/mol. The van der Waals surface area contributed by atoms with Gasteiger partial charge in [0.2, 0.25) is 10.0 Å². The normalized spacial score (nSPS) is 12.7. The smallest absolute Gasteiger partial charge is 0.253 e. The van der Waals surface area contributed by atoms with Crippen molar-refractivity contribution >= 4 is 21.6 Å². The third-order valence-corrected chi connectivity index (χ3v) is 5.88. The third kappa shape index (κ3) is 5.55. The van der Waals surface area contributed by atoms with Gasteiger partial charge in [-0.3, -0.25) is 4.79 Å². The van der Waals surface area contributed by atoms with Crippen molar-refractivity contribution in [2.24, 2.45) is 0 Å². The van der Waals surface area contributed by atoms with E-state index in [0.29, 0.717) is 31.9 Å². The lowest BCUT2D eigenvalue weighted by atomic mass is 10.2. The van der Waals surface area contributed by atoms with Gasteiger partial charge in [0.25, 0.3) is 5.91 Å². The Kier molecular flexibility index (Phi) is 8.77. The first kappa shape index (κ1) is 22.1. The number of methoxy groups -OCH3 is 1. The zero-order valence-corrected chi connectivity index (χ0v) is 16.6. The third-order valence-electron chi connectivity index (χ3n) is 3.83. The van der Waals surface area contributed by atoms with Crippen LogP contribution in [0.1, 0.15) is 27.2 Å². The molecule has 0 aliphatic rings. The highest BCUT2D eigenvalue weighted by Gasteiger charge is 2.24. The van der Waals surface area contributed by atoms with Crippen molar-refractivity contribution in [2.45, 2.75) is 38.2 Å². The van der Waals surface area contributed by atoms with Crippen LogP contribution in [0.3, 0.4) is 0 Å². The molecule has 0 saturated heterocycles. The predicted octanol–water partition coefficient (Wildman–Crippen LogP) is 2.65. The van der Waals surface area contributed by atoms with Crippen molar-refractivity contribution in [1.82, 2.24) is 4.31 Å². The number of benzene rings is 1. The van der Waals surface area contributed by atoms with Crippen LogP contribution in [-0.2, 0) is 19.6 Å². The van der Waals surface area contributed by atoms with Crippen molar-refractivity contribution in [1.29, 1.82) is 0 Å². The van der Waals surface area contributed by atoms with Gasteiger partial charge in [-0.15, -0.1) is 6.58 Å². The van der Waals surface area contributed by atoms with Crippen molar-refractivity contribution in [2.75, 3.05) is 32.1 Å². The molecule has 146 valence electrons. The van der Waals surface area contributed by atoms with E-state index in [1.54, 1.807) is 26.8 Å². The molecule has 1 amide bonds. The number of anilines is 1. The Balaban J connectivity index is 3.07. The lowest BCUT2D eigenvalue weighted by molar-refractivity contribution is -0.126.